The zero-order chi connectivity index (χ0) is 16.8. The molecule has 0 aliphatic heterocycles. The monoisotopic (exact) mass is 309 g/mol. The van der Waals surface area contributed by atoms with Crippen LogP contribution in [0.15, 0.2) is 24.3 Å². The summed E-state index contributed by atoms with van der Waals surface area (Å²) in [4.78, 5) is 23.4. The van der Waals surface area contributed by atoms with Crippen molar-refractivity contribution in [3.63, 3.8) is 0 Å². The Balaban J connectivity index is 2.77. The Morgan fingerprint density at radius 2 is 1.95 bits per heavy atom. The lowest BCUT2D eigenvalue weighted by Gasteiger charge is -2.26. The van der Waals surface area contributed by atoms with Gasteiger partial charge in [-0.25, -0.2) is 4.79 Å². The maximum atomic E-state index is 12.2. The number of amides is 1. The van der Waals surface area contributed by atoms with Crippen molar-refractivity contribution in [1.29, 1.82) is 0 Å². The lowest BCUT2D eigenvalue weighted by atomic mass is 9.95. The number of ether oxygens (including phenoxy) is 2. The first-order chi connectivity index (χ1) is 10.3. The SMILES string of the molecule is COCC(C)(NC(=O)CC(C)c1ccccc1OC)C(=O)O. The van der Waals surface area contributed by atoms with Crippen LogP contribution in [0.5, 0.6) is 5.75 Å². The van der Waals surface area contributed by atoms with Gasteiger partial charge in [0.1, 0.15) is 5.75 Å². The third-order valence-corrected chi connectivity index (χ3v) is 3.48. The summed E-state index contributed by atoms with van der Waals surface area (Å²) in [5.74, 6) is -0.870. The highest BCUT2D eigenvalue weighted by Gasteiger charge is 2.35. The molecule has 0 saturated carbocycles. The number of methoxy groups -OCH3 is 2. The van der Waals surface area contributed by atoms with Gasteiger partial charge in [0.2, 0.25) is 5.91 Å². The zero-order valence-corrected chi connectivity index (χ0v) is 13.4. The second-order valence-corrected chi connectivity index (χ2v) is 5.47. The summed E-state index contributed by atoms with van der Waals surface area (Å²) in [6, 6.07) is 7.45. The minimum absolute atomic E-state index is 0.100. The molecule has 22 heavy (non-hydrogen) atoms. The van der Waals surface area contributed by atoms with E-state index in [2.05, 4.69) is 5.32 Å². The van der Waals surface area contributed by atoms with E-state index in [1.165, 1.54) is 14.0 Å². The second kappa shape index (κ2) is 7.79. The van der Waals surface area contributed by atoms with Crippen molar-refractivity contribution in [2.45, 2.75) is 31.7 Å². The highest BCUT2D eigenvalue weighted by molar-refractivity contribution is 5.87. The van der Waals surface area contributed by atoms with Gasteiger partial charge in [-0.1, -0.05) is 25.1 Å². The topological polar surface area (TPSA) is 84.9 Å². The molecule has 1 rings (SSSR count). The van der Waals surface area contributed by atoms with E-state index in [0.29, 0.717) is 5.75 Å². The Morgan fingerprint density at radius 3 is 2.50 bits per heavy atom. The summed E-state index contributed by atoms with van der Waals surface area (Å²) in [6.45, 7) is 3.22. The van der Waals surface area contributed by atoms with E-state index in [-0.39, 0.29) is 24.9 Å². The molecule has 0 heterocycles. The van der Waals surface area contributed by atoms with Crippen LogP contribution in [0.4, 0.5) is 0 Å². The number of hydrogen-bond acceptors (Lipinski definition) is 4. The van der Waals surface area contributed by atoms with Crippen molar-refractivity contribution in [2.75, 3.05) is 20.8 Å². The first kappa shape index (κ1) is 18.0. The van der Waals surface area contributed by atoms with Crippen molar-refractivity contribution in [3.8, 4) is 5.75 Å². The number of carbonyl (C=O) groups excluding carboxylic acids is 1. The summed E-state index contributed by atoms with van der Waals surface area (Å²) < 4.78 is 10.2. The molecule has 1 aromatic rings. The molecule has 0 aromatic heterocycles. The average molecular weight is 309 g/mol. The minimum Gasteiger partial charge on any atom is -0.496 e. The van der Waals surface area contributed by atoms with Crippen LogP contribution in [0.25, 0.3) is 0 Å². The van der Waals surface area contributed by atoms with Crippen LogP contribution in [0, 0.1) is 0 Å². The Morgan fingerprint density at radius 1 is 1.32 bits per heavy atom. The smallest absolute Gasteiger partial charge is 0.331 e. The van der Waals surface area contributed by atoms with Gasteiger partial charge >= 0.3 is 5.97 Å². The molecule has 0 radical (unpaired) electrons. The number of carboxylic acids is 1. The van der Waals surface area contributed by atoms with E-state index < -0.39 is 11.5 Å². The van der Waals surface area contributed by atoms with Crippen LogP contribution < -0.4 is 10.1 Å². The highest BCUT2D eigenvalue weighted by atomic mass is 16.5. The zero-order valence-electron chi connectivity index (χ0n) is 13.4. The first-order valence-electron chi connectivity index (χ1n) is 7.00. The number of nitrogens with one attached hydrogen (secondary N) is 1. The number of aliphatic carboxylic acids is 1. The van der Waals surface area contributed by atoms with Crippen LogP contribution in [0.2, 0.25) is 0 Å². The second-order valence-electron chi connectivity index (χ2n) is 5.47. The molecule has 2 atom stereocenters. The molecule has 1 amide bonds. The van der Waals surface area contributed by atoms with Gasteiger partial charge in [0.05, 0.1) is 13.7 Å². The van der Waals surface area contributed by atoms with Crippen molar-refractivity contribution in [2.24, 2.45) is 0 Å². The summed E-state index contributed by atoms with van der Waals surface area (Å²) in [5.41, 5.74) is -0.532. The third-order valence-electron chi connectivity index (χ3n) is 3.48. The fraction of sp³-hybridized carbons (Fsp3) is 0.500. The van der Waals surface area contributed by atoms with E-state index in [4.69, 9.17) is 9.47 Å². The van der Waals surface area contributed by atoms with Crippen LogP contribution in [-0.2, 0) is 14.3 Å². The van der Waals surface area contributed by atoms with E-state index in [0.717, 1.165) is 5.56 Å². The molecule has 0 saturated heterocycles. The lowest BCUT2D eigenvalue weighted by molar-refractivity contribution is -0.149. The van der Waals surface area contributed by atoms with Gasteiger partial charge in [-0.05, 0) is 24.5 Å². The predicted molar refractivity (Wildman–Crippen MR) is 82.1 cm³/mol. The minimum atomic E-state index is -1.44. The summed E-state index contributed by atoms with van der Waals surface area (Å²) in [7, 11) is 2.97. The lowest BCUT2D eigenvalue weighted by Crippen LogP contribution is -2.55. The fourth-order valence-electron chi connectivity index (χ4n) is 2.26. The Labute approximate surface area is 130 Å². The Kier molecular flexibility index (Phi) is 6.37. The molecular formula is C16H23NO5. The van der Waals surface area contributed by atoms with Gasteiger partial charge in [-0.15, -0.1) is 0 Å². The number of carbonyl (C=O) groups is 2. The fourth-order valence-corrected chi connectivity index (χ4v) is 2.26. The van der Waals surface area contributed by atoms with Gasteiger partial charge in [-0.2, -0.15) is 0 Å². The molecule has 122 valence electrons. The molecule has 6 heteroatoms. The summed E-state index contributed by atoms with van der Waals surface area (Å²) in [6.07, 6.45) is 0.160. The van der Waals surface area contributed by atoms with Crippen LogP contribution in [0.3, 0.4) is 0 Å². The van der Waals surface area contributed by atoms with Crippen LogP contribution >= 0.6 is 0 Å². The molecule has 0 bridgehead atoms. The van der Waals surface area contributed by atoms with Gasteiger partial charge in [0.15, 0.2) is 5.54 Å². The number of benzene rings is 1. The Hall–Kier alpha value is -2.08. The standard InChI is InChI=1S/C16H23NO5/c1-11(12-7-5-6-8-13(12)22-4)9-14(18)17-16(2,10-21-3)15(19)20/h5-8,11H,9-10H2,1-4H3,(H,17,18)(H,19,20). The van der Waals surface area contributed by atoms with Crippen molar-refractivity contribution >= 4 is 11.9 Å². The molecule has 0 aliphatic carbocycles. The first-order valence-corrected chi connectivity index (χ1v) is 7.00. The molecule has 0 aliphatic rings. The third kappa shape index (κ3) is 4.46. The molecule has 2 N–H and O–H groups in total. The van der Waals surface area contributed by atoms with Crippen LogP contribution in [0.1, 0.15) is 31.7 Å². The van der Waals surface area contributed by atoms with E-state index in [1.807, 2.05) is 31.2 Å². The quantitative estimate of drug-likeness (QED) is 0.765. The van der Waals surface area contributed by atoms with Gasteiger partial charge in [0.25, 0.3) is 0 Å². The van der Waals surface area contributed by atoms with Gasteiger partial charge in [0, 0.05) is 13.5 Å². The van der Waals surface area contributed by atoms with Gasteiger partial charge in [-0.3, -0.25) is 4.79 Å². The predicted octanol–water partition coefficient (Wildman–Crippen LogP) is 1.79. The number of carboxylic acid groups (broad SMARTS) is 1. The molecule has 6 nitrogen and oxygen atoms in total. The van der Waals surface area contributed by atoms with E-state index >= 15 is 0 Å². The number of para-hydroxylation sites is 1. The average Bonchev–Trinajstić information content (AvgIpc) is 2.46. The van der Waals surface area contributed by atoms with Gasteiger partial charge < -0.3 is 19.9 Å². The number of rotatable bonds is 8. The largest absolute Gasteiger partial charge is 0.496 e. The molecular weight excluding hydrogens is 286 g/mol. The summed E-state index contributed by atoms with van der Waals surface area (Å²) >= 11 is 0. The maximum Gasteiger partial charge on any atom is 0.331 e. The number of hydrogen-bond donors (Lipinski definition) is 2. The molecule has 2 unspecified atom stereocenters. The van der Waals surface area contributed by atoms with E-state index in [9.17, 15) is 14.7 Å². The molecule has 0 fully saturated rings. The van der Waals surface area contributed by atoms with E-state index in [1.54, 1.807) is 7.11 Å². The van der Waals surface area contributed by atoms with Crippen LogP contribution in [-0.4, -0.2) is 43.3 Å². The normalized spacial score (nSPS) is 14.7. The highest BCUT2D eigenvalue weighted by Crippen LogP contribution is 2.28. The van der Waals surface area contributed by atoms with Crippen molar-refractivity contribution < 1.29 is 24.2 Å². The van der Waals surface area contributed by atoms with Crippen molar-refractivity contribution in [3.05, 3.63) is 29.8 Å². The Bertz CT molecular complexity index is 531. The molecule has 1 aromatic carbocycles. The maximum absolute atomic E-state index is 12.2. The van der Waals surface area contributed by atoms with Crippen molar-refractivity contribution in [1.82, 2.24) is 5.32 Å². The summed E-state index contributed by atoms with van der Waals surface area (Å²) in [5, 5.41) is 11.8. The molecule has 0 spiro atoms.